The van der Waals surface area contributed by atoms with Gasteiger partial charge in [0.25, 0.3) is 0 Å². The van der Waals surface area contributed by atoms with Gasteiger partial charge in [0.05, 0.1) is 22.3 Å². The first-order chi connectivity index (χ1) is 13.3. The molecule has 5 rings (SSSR count). The molecule has 0 radical (unpaired) electrons. The summed E-state index contributed by atoms with van der Waals surface area (Å²) in [6, 6.07) is 26.1. The number of para-hydroxylation sites is 3. The smallest absolute Gasteiger partial charge is 0.230 e. The molecule has 0 saturated carbocycles. The number of fused-ring (bicyclic) bond motifs is 2. The van der Waals surface area contributed by atoms with E-state index >= 15 is 0 Å². The molecule has 0 spiro atoms. The first-order valence-electron chi connectivity index (χ1n) is 8.86. The highest BCUT2D eigenvalue weighted by Crippen LogP contribution is 2.22. The maximum atomic E-state index is 6.15. The highest BCUT2D eigenvalue weighted by Gasteiger charge is 2.11. The average Bonchev–Trinajstić information content (AvgIpc) is 3.13. The Morgan fingerprint density at radius 1 is 0.889 bits per heavy atom. The lowest BCUT2D eigenvalue weighted by Crippen LogP contribution is -2.06. The molecule has 0 amide bonds. The number of aromatic amines is 1. The third-order valence-electron chi connectivity index (χ3n) is 4.57. The molecule has 4 nitrogen and oxygen atoms in total. The topological polar surface area (TPSA) is 54.2 Å². The van der Waals surface area contributed by atoms with Crippen LogP contribution in [0, 0.1) is 6.92 Å². The standard InChI is InChI=1S/C23H17N3O/c1-15-10-12-17(13-11-15)24-23-18(14-16-6-2-5-9-21(16)27-23)22-25-19-7-3-4-8-20(19)26-22/h2-14H,1H3,(H,25,26). The van der Waals surface area contributed by atoms with Crippen molar-refractivity contribution >= 4 is 27.7 Å². The molecule has 0 unspecified atom stereocenters. The Bertz CT molecular complexity index is 1290. The molecule has 3 aromatic carbocycles. The van der Waals surface area contributed by atoms with Crippen molar-refractivity contribution in [2.75, 3.05) is 0 Å². The Kier molecular flexibility index (Phi) is 3.61. The fourth-order valence-electron chi connectivity index (χ4n) is 3.14. The summed E-state index contributed by atoms with van der Waals surface area (Å²) in [5.41, 5.74) is 6.12. The molecular formula is C23H17N3O. The number of aryl methyl sites for hydroxylation is 1. The van der Waals surface area contributed by atoms with Crippen molar-refractivity contribution in [1.29, 1.82) is 0 Å². The second kappa shape index (κ2) is 6.25. The summed E-state index contributed by atoms with van der Waals surface area (Å²) in [6.45, 7) is 2.06. The van der Waals surface area contributed by atoms with E-state index in [4.69, 9.17) is 14.4 Å². The lowest BCUT2D eigenvalue weighted by molar-refractivity contribution is 0.547. The van der Waals surface area contributed by atoms with Crippen molar-refractivity contribution < 1.29 is 4.42 Å². The zero-order valence-corrected chi connectivity index (χ0v) is 14.8. The van der Waals surface area contributed by atoms with Crippen LogP contribution in [0.4, 0.5) is 5.69 Å². The third-order valence-corrected chi connectivity index (χ3v) is 4.57. The molecule has 0 aliphatic rings. The summed E-state index contributed by atoms with van der Waals surface area (Å²) in [4.78, 5) is 12.9. The monoisotopic (exact) mass is 351 g/mol. The van der Waals surface area contributed by atoms with E-state index in [9.17, 15) is 0 Å². The Hall–Kier alpha value is -3.66. The summed E-state index contributed by atoms with van der Waals surface area (Å²) < 4.78 is 6.15. The predicted molar refractivity (Wildman–Crippen MR) is 108 cm³/mol. The largest absolute Gasteiger partial charge is 0.438 e. The van der Waals surface area contributed by atoms with Crippen molar-refractivity contribution in [3.05, 3.63) is 90.0 Å². The van der Waals surface area contributed by atoms with E-state index in [1.54, 1.807) is 0 Å². The molecule has 1 N–H and O–H groups in total. The van der Waals surface area contributed by atoms with Crippen LogP contribution in [0.5, 0.6) is 0 Å². The van der Waals surface area contributed by atoms with Gasteiger partial charge >= 0.3 is 0 Å². The van der Waals surface area contributed by atoms with Gasteiger partial charge in [-0.3, -0.25) is 0 Å². The fourth-order valence-corrected chi connectivity index (χ4v) is 3.14. The second-order valence-electron chi connectivity index (χ2n) is 6.55. The fraction of sp³-hybridized carbons (Fsp3) is 0.0435. The Labute approximate surface area is 155 Å². The van der Waals surface area contributed by atoms with Crippen molar-refractivity contribution in [3.8, 4) is 11.4 Å². The SMILES string of the molecule is Cc1ccc(N=c2oc3ccccc3cc2-c2nc3ccccc3[nH]2)cc1. The molecule has 2 aromatic heterocycles. The molecule has 2 heterocycles. The second-order valence-corrected chi connectivity index (χ2v) is 6.55. The molecule has 4 heteroatoms. The van der Waals surface area contributed by atoms with E-state index in [2.05, 4.69) is 18.0 Å². The van der Waals surface area contributed by atoms with Crippen LogP contribution in [0.15, 0.2) is 88.3 Å². The summed E-state index contributed by atoms with van der Waals surface area (Å²) >= 11 is 0. The van der Waals surface area contributed by atoms with Gasteiger partial charge in [-0.2, -0.15) is 0 Å². The van der Waals surface area contributed by atoms with Crippen LogP contribution >= 0.6 is 0 Å². The zero-order chi connectivity index (χ0) is 18.2. The van der Waals surface area contributed by atoms with E-state index < -0.39 is 0 Å². The molecule has 0 aliphatic heterocycles. The highest BCUT2D eigenvalue weighted by atomic mass is 16.3. The number of hydrogen-bond acceptors (Lipinski definition) is 3. The van der Waals surface area contributed by atoms with Crippen molar-refractivity contribution in [2.24, 2.45) is 4.99 Å². The first kappa shape index (κ1) is 15.6. The van der Waals surface area contributed by atoms with Crippen molar-refractivity contribution in [2.45, 2.75) is 6.92 Å². The van der Waals surface area contributed by atoms with Gasteiger partial charge in [-0.05, 0) is 43.3 Å². The molecule has 0 fully saturated rings. The summed E-state index contributed by atoms with van der Waals surface area (Å²) in [7, 11) is 0. The number of nitrogens with one attached hydrogen (secondary N) is 1. The van der Waals surface area contributed by atoms with Gasteiger partial charge in [0.2, 0.25) is 5.55 Å². The van der Waals surface area contributed by atoms with Crippen LogP contribution < -0.4 is 5.55 Å². The Morgan fingerprint density at radius 3 is 2.52 bits per heavy atom. The van der Waals surface area contributed by atoms with Crippen LogP contribution in [0.25, 0.3) is 33.4 Å². The molecule has 130 valence electrons. The van der Waals surface area contributed by atoms with Gasteiger partial charge in [0.15, 0.2) is 0 Å². The van der Waals surface area contributed by atoms with Crippen molar-refractivity contribution in [3.63, 3.8) is 0 Å². The van der Waals surface area contributed by atoms with E-state index in [-0.39, 0.29) is 0 Å². The van der Waals surface area contributed by atoms with Gasteiger partial charge in [0, 0.05) is 5.39 Å². The average molecular weight is 351 g/mol. The minimum atomic E-state index is 0.539. The van der Waals surface area contributed by atoms with Crippen LogP contribution in [0.1, 0.15) is 5.56 Å². The minimum Gasteiger partial charge on any atom is -0.438 e. The third kappa shape index (κ3) is 2.91. The lowest BCUT2D eigenvalue weighted by Gasteiger charge is -2.03. The Balaban J connectivity index is 1.79. The number of nitrogens with zero attached hydrogens (tertiary/aromatic N) is 2. The number of aromatic nitrogens is 2. The van der Waals surface area contributed by atoms with Gasteiger partial charge in [-0.25, -0.2) is 9.98 Å². The quantitative estimate of drug-likeness (QED) is 0.455. The number of rotatable bonds is 2. The van der Waals surface area contributed by atoms with Gasteiger partial charge in [0.1, 0.15) is 11.4 Å². The molecule has 0 atom stereocenters. The lowest BCUT2D eigenvalue weighted by atomic mass is 10.2. The van der Waals surface area contributed by atoms with Crippen LogP contribution in [-0.2, 0) is 0 Å². The van der Waals surface area contributed by atoms with E-state index in [1.807, 2.05) is 72.8 Å². The highest BCUT2D eigenvalue weighted by molar-refractivity contribution is 5.83. The van der Waals surface area contributed by atoms with Gasteiger partial charge < -0.3 is 9.40 Å². The number of hydrogen-bond donors (Lipinski definition) is 1. The van der Waals surface area contributed by atoms with Crippen LogP contribution in [0.3, 0.4) is 0 Å². The first-order valence-corrected chi connectivity index (χ1v) is 8.86. The van der Waals surface area contributed by atoms with E-state index in [0.29, 0.717) is 5.55 Å². The zero-order valence-electron chi connectivity index (χ0n) is 14.8. The molecule has 5 aromatic rings. The number of benzene rings is 3. The normalized spacial score (nSPS) is 12.1. The summed E-state index contributed by atoms with van der Waals surface area (Å²) in [5.74, 6) is 0.747. The van der Waals surface area contributed by atoms with Gasteiger partial charge in [-0.15, -0.1) is 0 Å². The molecular weight excluding hydrogens is 334 g/mol. The van der Waals surface area contributed by atoms with Gasteiger partial charge in [-0.1, -0.05) is 48.0 Å². The van der Waals surface area contributed by atoms with Crippen molar-refractivity contribution in [1.82, 2.24) is 9.97 Å². The molecule has 0 bridgehead atoms. The van der Waals surface area contributed by atoms with E-state index in [1.165, 1.54) is 5.56 Å². The predicted octanol–water partition coefficient (Wildman–Crippen LogP) is 5.52. The van der Waals surface area contributed by atoms with Crippen LogP contribution in [-0.4, -0.2) is 9.97 Å². The maximum absolute atomic E-state index is 6.15. The molecule has 0 aliphatic carbocycles. The van der Waals surface area contributed by atoms with Crippen LogP contribution in [0.2, 0.25) is 0 Å². The number of imidazole rings is 1. The Morgan fingerprint density at radius 2 is 1.67 bits per heavy atom. The molecule has 0 saturated heterocycles. The van der Waals surface area contributed by atoms with E-state index in [0.717, 1.165) is 39.1 Å². The molecule has 27 heavy (non-hydrogen) atoms. The maximum Gasteiger partial charge on any atom is 0.230 e. The summed E-state index contributed by atoms with van der Waals surface area (Å²) in [6.07, 6.45) is 0. The number of H-pyrrole nitrogens is 1. The summed E-state index contributed by atoms with van der Waals surface area (Å²) in [5, 5.41) is 1.01. The minimum absolute atomic E-state index is 0.539.